The molecule has 2 bridgehead atoms. The predicted molar refractivity (Wildman–Crippen MR) is 130 cm³/mol. The Balaban J connectivity index is 0.00000324. The van der Waals surface area contributed by atoms with Gasteiger partial charge in [0, 0.05) is 31.6 Å². The SMILES string of the molecule is C=CCOC(=O)N1CCCC2(CCN(C(=O)C[C@@H](C)OCC34CCC(CC3)OC4)CC2)CC1.O. The van der Waals surface area contributed by atoms with Crippen LogP contribution in [0.25, 0.3) is 0 Å². The molecule has 4 saturated heterocycles. The van der Waals surface area contributed by atoms with Crippen LogP contribution in [-0.2, 0) is 19.0 Å². The Labute approximate surface area is 204 Å². The number of nitrogens with zero attached hydrogens (tertiary/aromatic N) is 2. The lowest BCUT2D eigenvalue weighted by atomic mass is 9.72. The number of carbonyl (C=O) groups excluding carboxylic acids is 2. The van der Waals surface area contributed by atoms with Gasteiger partial charge in [0.2, 0.25) is 5.91 Å². The zero-order chi connectivity index (χ0) is 23.3. The van der Waals surface area contributed by atoms with Crippen LogP contribution in [0.2, 0.25) is 0 Å². The molecule has 8 heteroatoms. The van der Waals surface area contributed by atoms with Gasteiger partial charge in [-0.25, -0.2) is 4.79 Å². The molecule has 5 fully saturated rings. The number of carbonyl (C=O) groups is 2. The summed E-state index contributed by atoms with van der Waals surface area (Å²) in [6, 6.07) is 0. The molecule has 0 aromatic heterocycles. The van der Waals surface area contributed by atoms with Crippen molar-refractivity contribution in [3.63, 3.8) is 0 Å². The minimum atomic E-state index is -0.235. The average molecular weight is 481 g/mol. The molecule has 2 amide bonds. The van der Waals surface area contributed by atoms with Gasteiger partial charge in [0.05, 0.1) is 31.8 Å². The number of fused-ring (bicyclic) bond motifs is 3. The van der Waals surface area contributed by atoms with Crippen molar-refractivity contribution in [1.82, 2.24) is 9.80 Å². The van der Waals surface area contributed by atoms with E-state index in [2.05, 4.69) is 6.58 Å². The number of amides is 2. The van der Waals surface area contributed by atoms with Crippen molar-refractivity contribution in [2.24, 2.45) is 10.8 Å². The summed E-state index contributed by atoms with van der Waals surface area (Å²) in [7, 11) is 0. The maximum absolute atomic E-state index is 12.9. The maximum atomic E-state index is 12.9. The molecule has 0 radical (unpaired) electrons. The van der Waals surface area contributed by atoms with Gasteiger partial charge in [-0.1, -0.05) is 12.7 Å². The van der Waals surface area contributed by atoms with Gasteiger partial charge in [0.1, 0.15) is 6.61 Å². The van der Waals surface area contributed by atoms with E-state index < -0.39 is 0 Å². The minimum Gasteiger partial charge on any atom is -0.445 e. The van der Waals surface area contributed by atoms with Crippen LogP contribution in [0.4, 0.5) is 4.79 Å². The number of ether oxygens (including phenoxy) is 3. The molecule has 1 saturated carbocycles. The fraction of sp³-hybridized carbons (Fsp3) is 0.846. The highest BCUT2D eigenvalue weighted by Crippen LogP contribution is 2.44. The molecule has 34 heavy (non-hydrogen) atoms. The molecular formula is C26H44N2O6. The van der Waals surface area contributed by atoms with E-state index in [1.807, 2.05) is 16.7 Å². The number of likely N-dealkylation sites (tertiary alicyclic amines) is 2. The van der Waals surface area contributed by atoms with Gasteiger partial charge < -0.3 is 29.5 Å². The number of rotatable bonds is 7. The molecule has 194 valence electrons. The molecule has 0 unspecified atom stereocenters. The third-order valence-electron chi connectivity index (χ3n) is 8.56. The third-order valence-corrected chi connectivity index (χ3v) is 8.56. The van der Waals surface area contributed by atoms with Crippen LogP contribution in [0.1, 0.15) is 71.1 Å². The van der Waals surface area contributed by atoms with E-state index in [1.165, 1.54) is 12.8 Å². The Bertz CT molecular complexity index is 684. The summed E-state index contributed by atoms with van der Waals surface area (Å²) in [6.45, 7) is 10.5. The van der Waals surface area contributed by atoms with Crippen LogP contribution in [-0.4, -0.2) is 85.5 Å². The van der Waals surface area contributed by atoms with Crippen molar-refractivity contribution in [2.45, 2.75) is 83.3 Å². The zero-order valence-electron chi connectivity index (χ0n) is 20.9. The van der Waals surface area contributed by atoms with Crippen LogP contribution in [0.5, 0.6) is 0 Å². The van der Waals surface area contributed by atoms with Crippen LogP contribution in [0.15, 0.2) is 12.7 Å². The van der Waals surface area contributed by atoms with Crippen LogP contribution in [0, 0.1) is 10.8 Å². The summed E-state index contributed by atoms with van der Waals surface area (Å²) < 4.78 is 17.3. The summed E-state index contributed by atoms with van der Waals surface area (Å²) >= 11 is 0. The molecule has 8 nitrogen and oxygen atoms in total. The number of piperidine rings is 1. The highest BCUT2D eigenvalue weighted by Gasteiger charge is 2.42. The van der Waals surface area contributed by atoms with E-state index >= 15 is 0 Å². The van der Waals surface area contributed by atoms with Crippen LogP contribution in [0.3, 0.4) is 0 Å². The van der Waals surface area contributed by atoms with Gasteiger partial charge in [-0.2, -0.15) is 0 Å². The van der Waals surface area contributed by atoms with Crippen LogP contribution >= 0.6 is 0 Å². The van der Waals surface area contributed by atoms with Gasteiger partial charge in [-0.05, 0) is 70.1 Å². The van der Waals surface area contributed by atoms with E-state index in [0.29, 0.717) is 19.1 Å². The zero-order valence-corrected chi connectivity index (χ0v) is 20.9. The second-order valence-corrected chi connectivity index (χ2v) is 10.9. The lowest BCUT2D eigenvalue weighted by Gasteiger charge is -2.46. The fourth-order valence-electron chi connectivity index (χ4n) is 6.14. The van der Waals surface area contributed by atoms with Crippen molar-refractivity contribution >= 4 is 12.0 Å². The van der Waals surface area contributed by atoms with Gasteiger partial charge >= 0.3 is 6.09 Å². The molecule has 0 aromatic carbocycles. The molecular weight excluding hydrogens is 436 g/mol. The first-order valence-electron chi connectivity index (χ1n) is 13.0. The Morgan fingerprint density at radius 3 is 2.35 bits per heavy atom. The van der Waals surface area contributed by atoms with Gasteiger partial charge in [-0.15, -0.1) is 0 Å². The topological polar surface area (TPSA) is 99.8 Å². The van der Waals surface area contributed by atoms with Crippen molar-refractivity contribution in [3.8, 4) is 0 Å². The Hall–Kier alpha value is -1.64. The number of hydrogen-bond donors (Lipinski definition) is 0. The molecule has 1 spiro atoms. The average Bonchev–Trinajstić information content (AvgIpc) is 3.05. The van der Waals surface area contributed by atoms with E-state index in [9.17, 15) is 9.59 Å². The summed E-state index contributed by atoms with van der Waals surface area (Å²) in [4.78, 5) is 29.0. The standard InChI is InChI=1S/C26H42N2O5.H2O/c1-3-17-31-24(30)28-13-4-7-25(12-16-28)10-14-27(15-11-25)23(29)18-21(2)32-19-26-8-5-22(6-9-26)33-20-26;/h3,21-22H,1,4-20H2,2H3;1H2/t21-,22?,26?;/m1./s1. The highest BCUT2D eigenvalue weighted by molar-refractivity contribution is 5.76. The van der Waals surface area contributed by atoms with Gasteiger partial charge in [0.25, 0.3) is 0 Å². The maximum Gasteiger partial charge on any atom is 0.410 e. The molecule has 5 rings (SSSR count). The highest BCUT2D eigenvalue weighted by atomic mass is 16.6. The lowest BCUT2D eigenvalue weighted by Crippen LogP contribution is -2.46. The Kier molecular flexibility index (Phi) is 9.41. The third kappa shape index (κ3) is 6.52. The first-order valence-corrected chi connectivity index (χ1v) is 13.0. The fourth-order valence-corrected chi connectivity index (χ4v) is 6.14. The quantitative estimate of drug-likeness (QED) is 0.520. The first kappa shape index (κ1) is 27.0. The first-order chi connectivity index (χ1) is 15.9. The summed E-state index contributed by atoms with van der Waals surface area (Å²) in [6.07, 6.45) is 12.1. The second-order valence-electron chi connectivity index (χ2n) is 10.9. The van der Waals surface area contributed by atoms with E-state index in [1.54, 1.807) is 6.08 Å². The second kappa shape index (κ2) is 11.9. The molecule has 0 aromatic rings. The van der Waals surface area contributed by atoms with E-state index in [4.69, 9.17) is 14.2 Å². The van der Waals surface area contributed by atoms with E-state index in [-0.39, 0.29) is 41.0 Å². The smallest absolute Gasteiger partial charge is 0.410 e. The van der Waals surface area contributed by atoms with Crippen molar-refractivity contribution in [1.29, 1.82) is 0 Å². The summed E-state index contributed by atoms with van der Waals surface area (Å²) in [5.41, 5.74) is 0.417. The number of hydrogen-bond acceptors (Lipinski definition) is 5. The van der Waals surface area contributed by atoms with Crippen molar-refractivity contribution in [3.05, 3.63) is 12.7 Å². The van der Waals surface area contributed by atoms with Crippen LogP contribution < -0.4 is 0 Å². The molecule has 5 aliphatic rings. The van der Waals surface area contributed by atoms with Gasteiger partial charge in [0.15, 0.2) is 0 Å². The predicted octanol–water partition coefficient (Wildman–Crippen LogP) is 3.33. The molecule has 2 N–H and O–H groups in total. The molecule has 4 heterocycles. The van der Waals surface area contributed by atoms with E-state index in [0.717, 1.165) is 77.7 Å². The summed E-state index contributed by atoms with van der Waals surface area (Å²) in [5.74, 6) is 0.210. The minimum absolute atomic E-state index is 0. The molecule has 1 aliphatic carbocycles. The van der Waals surface area contributed by atoms with Gasteiger partial charge in [-0.3, -0.25) is 4.79 Å². The Morgan fingerprint density at radius 2 is 1.74 bits per heavy atom. The lowest BCUT2D eigenvalue weighted by molar-refractivity contribution is -0.153. The van der Waals surface area contributed by atoms with Crippen molar-refractivity contribution in [2.75, 3.05) is 46.0 Å². The Morgan fingerprint density at radius 1 is 1.06 bits per heavy atom. The molecule has 4 aliphatic heterocycles. The van der Waals surface area contributed by atoms with Crippen molar-refractivity contribution < 1.29 is 29.3 Å². The molecule has 1 atom stereocenters. The monoisotopic (exact) mass is 480 g/mol. The normalized spacial score (nSPS) is 29.1. The largest absolute Gasteiger partial charge is 0.445 e. The summed E-state index contributed by atoms with van der Waals surface area (Å²) in [5, 5.41) is 0.